The van der Waals surface area contributed by atoms with E-state index in [0.29, 0.717) is 10.6 Å². The van der Waals surface area contributed by atoms with Crippen molar-refractivity contribution in [2.24, 2.45) is 5.10 Å². The van der Waals surface area contributed by atoms with Crippen molar-refractivity contribution in [3.8, 4) is 11.5 Å². The third-order valence-corrected chi connectivity index (χ3v) is 2.87. The molecule has 0 saturated heterocycles. The minimum absolute atomic E-state index is 0.000619. The maximum Gasteiger partial charge on any atom is 0.179 e. The molecule has 5 heteroatoms. The van der Waals surface area contributed by atoms with E-state index in [2.05, 4.69) is 10.5 Å². The summed E-state index contributed by atoms with van der Waals surface area (Å²) in [4.78, 5) is 0. The smallest absolute Gasteiger partial charge is 0.179 e. The van der Waals surface area contributed by atoms with E-state index in [-0.39, 0.29) is 11.5 Å². The molecule has 0 radical (unpaired) electrons. The van der Waals surface area contributed by atoms with E-state index in [1.54, 1.807) is 12.3 Å². The third-order valence-electron chi connectivity index (χ3n) is 2.48. The monoisotopic (exact) mass is 276 g/mol. The molecule has 0 unspecified atom stereocenters. The highest BCUT2D eigenvalue weighted by Gasteiger charge is 2.10. The molecule has 2 aromatic rings. The summed E-state index contributed by atoms with van der Waals surface area (Å²) >= 11 is 6.09. The van der Waals surface area contributed by atoms with Crippen LogP contribution >= 0.6 is 11.6 Å². The van der Waals surface area contributed by atoms with Crippen LogP contribution in [0.2, 0.25) is 5.02 Å². The predicted octanol–water partition coefficient (Wildman–Crippen LogP) is 3.50. The summed E-state index contributed by atoms with van der Waals surface area (Å²) in [7, 11) is 1.45. The van der Waals surface area contributed by atoms with Gasteiger partial charge in [0.1, 0.15) is 0 Å². The highest BCUT2D eigenvalue weighted by molar-refractivity contribution is 6.34. The van der Waals surface area contributed by atoms with E-state index >= 15 is 0 Å². The summed E-state index contributed by atoms with van der Waals surface area (Å²) in [6.07, 6.45) is 1.57. The number of aromatic hydroxyl groups is 1. The molecule has 2 aromatic carbocycles. The molecule has 0 spiro atoms. The standard InChI is InChI=1S/C14H13ClN2O2/c1-19-14-12(18)8-7-10(13(14)15)9-16-17-11-5-3-2-4-6-11/h2-9,17-18H,1H3. The normalized spacial score (nSPS) is 10.6. The van der Waals surface area contributed by atoms with Gasteiger partial charge < -0.3 is 9.84 Å². The Morgan fingerprint density at radius 3 is 2.63 bits per heavy atom. The van der Waals surface area contributed by atoms with Crippen LogP contribution in [0.4, 0.5) is 5.69 Å². The lowest BCUT2D eigenvalue weighted by atomic mass is 10.2. The van der Waals surface area contributed by atoms with Gasteiger partial charge in [-0.15, -0.1) is 0 Å². The van der Waals surface area contributed by atoms with Crippen molar-refractivity contribution in [3.63, 3.8) is 0 Å². The fourth-order valence-electron chi connectivity index (χ4n) is 1.54. The molecule has 0 saturated carbocycles. The van der Waals surface area contributed by atoms with Crippen LogP contribution in [0, 0.1) is 0 Å². The lowest BCUT2D eigenvalue weighted by Gasteiger charge is -2.07. The van der Waals surface area contributed by atoms with E-state index in [9.17, 15) is 5.11 Å². The second-order valence-corrected chi connectivity index (χ2v) is 4.14. The Bertz CT molecular complexity index is 585. The summed E-state index contributed by atoms with van der Waals surface area (Å²) in [5.74, 6) is 0.242. The van der Waals surface area contributed by atoms with Crippen molar-refractivity contribution in [1.29, 1.82) is 0 Å². The van der Waals surface area contributed by atoms with Crippen LogP contribution in [0.1, 0.15) is 5.56 Å². The molecule has 0 fully saturated rings. The molecule has 4 nitrogen and oxygen atoms in total. The largest absolute Gasteiger partial charge is 0.504 e. The first-order valence-corrected chi connectivity index (χ1v) is 5.99. The molecule has 2 rings (SSSR count). The second kappa shape index (κ2) is 6.11. The van der Waals surface area contributed by atoms with E-state index in [4.69, 9.17) is 16.3 Å². The van der Waals surface area contributed by atoms with Gasteiger partial charge in [-0.05, 0) is 24.3 Å². The molecule has 0 aliphatic carbocycles. The van der Waals surface area contributed by atoms with Crippen molar-refractivity contribution < 1.29 is 9.84 Å². The van der Waals surface area contributed by atoms with Crippen LogP contribution in [0.15, 0.2) is 47.6 Å². The second-order valence-electron chi connectivity index (χ2n) is 3.76. The summed E-state index contributed by atoms with van der Waals surface area (Å²) in [5, 5.41) is 14.0. The Balaban J connectivity index is 2.15. The van der Waals surface area contributed by atoms with Gasteiger partial charge in [-0.3, -0.25) is 5.43 Å². The topological polar surface area (TPSA) is 53.9 Å². The minimum Gasteiger partial charge on any atom is -0.504 e. The van der Waals surface area contributed by atoms with E-state index in [1.165, 1.54) is 13.2 Å². The zero-order valence-corrected chi connectivity index (χ0v) is 11.1. The van der Waals surface area contributed by atoms with Gasteiger partial charge in [-0.25, -0.2) is 0 Å². The Kier molecular flexibility index (Phi) is 4.26. The van der Waals surface area contributed by atoms with Gasteiger partial charge in [0.15, 0.2) is 11.5 Å². The quantitative estimate of drug-likeness (QED) is 0.664. The average molecular weight is 277 g/mol. The number of nitrogens with one attached hydrogen (secondary N) is 1. The molecule has 0 aromatic heterocycles. The summed E-state index contributed by atoms with van der Waals surface area (Å²) in [6, 6.07) is 12.7. The van der Waals surface area contributed by atoms with Crippen LogP contribution in [0.3, 0.4) is 0 Å². The first kappa shape index (κ1) is 13.2. The molecule has 0 aliphatic heterocycles. The summed E-state index contributed by atoms with van der Waals surface area (Å²) in [6.45, 7) is 0. The van der Waals surface area contributed by atoms with Crippen LogP contribution in [0.25, 0.3) is 0 Å². The highest BCUT2D eigenvalue weighted by atomic mass is 35.5. The minimum atomic E-state index is 0.000619. The summed E-state index contributed by atoms with van der Waals surface area (Å²) < 4.78 is 5.02. The number of hydrogen-bond acceptors (Lipinski definition) is 4. The fraction of sp³-hybridized carbons (Fsp3) is 0.0714. The zero-order valence-electron chi connectivity index (χ0n) is 10.3. The molecule has 0 amide bonds. The lowest BCUT2D eigenvalue weighted by molar-refractivity contribution is 0.373. The molecule has 0 heterocycles. The number of ether oxygens (including phenoxy) is 1. The highest BCUT2D eigenvalue weighted by Crippen LogP contribution is 2.35. The zero-order chi connectivity index (χ0) is 13.7. The number of benzene rings is 2. The predicted molar refractivity (Wildman–Crippen MR) is 77.3 cm³/mol. The van der Waals surface area contributed by atoms with Crippen molar-refractivity contribution in [2.45, 2.75) is 0 Å². The third kappa shape index (κ3) is 3.17. The molecule has 0 aliphatic rings. The molecule has 0 bridgehead atoms. The maximum absolute atomic E-state index is 9.55. The van der Waals surface area contributed by atoms with Gasteiger partial charge in [0.05, 0.1) is 24.0 Å². The molecule has 98 valence electrons. The van der Waals surface area contributed by atoms with Crippen molar-refractivity contribution >= 4 is 23.5 Å². The van der Waals surface area contributed by atoms with Crippen LogP contribution in [-0.2, 0) is 0 Å². The number of rotatable bonds is 4. The first-order chi connectivity index (χ1) is 9.22. The number of halogens is 1. The van der Waals surface area contributed by atoms with Crippen LogP contribution in [-0.4, -0.2) is 18.4 Å². The number of hydrazone groups is 1. The van der Waals surface area contributed by atoms with Crippen LogP contribution < -0.4 is 10.2 Å². The molecule has 19 heavy (non-hydrogen) atoms. The van der Waals surface area contributed by atoms with Crippen molar-refractivity contribution in [3.05, 3.63) is 53.1 Å². The average Bonchev–Trinajstić information content (AvgIpc) is 2.43. The summed E-state index contributed by atoms with van der Waals surface area (Å²) in [5.41, 5.74) is 4.41. The van der Waals surface area contributed by atoms with Crippen LogP contribution in [0.5, 0.6) is 11.5 Å². The van der Waals surface area contributed by atoms with E-state index < -0.39 is 0 Å². The molecule has 0 atom stereocenters. The molecular formula is C14H13ClN2O2. The molecule has 2 N–H and O–H groups in total. The Labute approximate surface area is 116 Å². The number of methoxy groups -OCH3 is 1. The van der Waals surface area contributed by atoms with Gasteiger partial charge >= 0.3 is 0 Å². The fourth-order valence-corrected chi connectivity index (χ4v) is 1.83. The Hall–Kier alpha value is -2.20. The number of nitrogens with zero attached hydrogens (tertiary/aromatic N) is 1. The van der Waals surface area contributed by atoms with Crippen molar-refractivity contribution in [1.82, 2.24) is 0 Å². The number of anilines is 1. The Morgan fingerprint density at radius 1 is 1.21 bits per heavy atom. The number of para-hydroxylation sites is 1. The number of hydrogen-bond donors (Lipinski definition) is 2. The SMILES string of the molecule is COc1c(O)ccc(C=NNc2ccccc2)c1Cl. The first-order valence-electron chi connectivity index (χ1n) is 5.62. The van der Waals surface area contributed by atoms with Gasteiger partial charge in [-0.1, -0.05) is 29.8 Å². The number of phenolic OH excluding ortho intramolecular Hbond substituents is 1. The van der Waals surface area contributed by atoms with Gasteiger partial charge in [0.25, 0.3) is 0 Å². The van der Waals surface area contributed by atoms with E-state index in [1.807, 2.05) is 30.3 Å². The van der Waals surface area contributed by atoms with Gasteiger partial charge in [-0.2, -0.15) is 5.10 Å². The maximum atomic E-state index is 9.55. The lowest BCUT2D eigenvalue weighted by Crippen LogP contribution is -1.93. The molecular weight excluding hydrogens is 264 g/mol. The van der Waals surface area contributed by atoms with Crippen molar-refractivity contribution in [2.75, 3.05) is 12.5 Å². The Morgan fingerprint density at radius 2 is 1.95 bits per heavy atom. The number of phenols is 1. The van der Waals surface area contributed by atoms with Gasteiger partial charge in [0.2, 0.25) is 0 Å². The van der Waals surface area contributed by atoms with Gasteiger partial charge in [0, 0.05) is 5.56 Å². The van der Waals surface area contributed by atoms with E-state index in [0.717, 1.165) is 5.69 Å².